The van der Waals surface area contributed by atoms with Gasteiger partial charge in [0.2, 0.25) is 0 Å². The molecule has 16 heavy (non-hydrogen) atoms. The third-order valence-electron chi connectivity index (χ3n) is 6.27. The molecule has 1 spiro atoms. The molecule has 1 aliphatic heterocycles. The molecule has 2 nitrogen and oxygen atoms in total. The van der Waals surface area contributed by atoms with Crippen LogP contribution in [0.5, 0.6) is 0 Å². The summed E-state index contributed by atoms with van der Waals surface area (Å²) < 4.78 is 11.8. The van der Waals surface area contributed by atoms with Crippen LogP contribution in [0.3, 0.4) is 0 Å². The Bertz CT molecular complexity index is 312. The summed E-state index contributed by atoms with van der Waals surface area (Å²) >= 11 is 0. The standard InChI is InChI=1S/C14H24O2/c1-10-15-8-7-14(16-10)9-11-5-6-13(14,4)12(11,2)3/h10-11H,5-9H2,1-4H3/t10-,11-,13-,14-/m1/s1. The average molecular weight is 224 g/mol. The van der Waals surface area contributed by atoms with Crippen LogP contribution in [0.4, 0.5) is 0 Å². The van der Waals surface area contributed by atoms with Gasteiger partial charge in [0.25, 0.3) is 0 Å². The van der Waals surface area contributed by atoms with Gasteiger partial charge in [-0.25, -0.2) is 0 Å². The molecule has 3 fully saturated rings. The van der Waals surface area contributed by atoms with Crippen LogP contribution in [0.25, 0.3) is 0 Å². The topological polar surface area (TPSA) is 18.5 Å². The van der Waals surface area contributed by atoms with Gasteiger partial charge in [0.1, 0.15) is 0 Å². The van der Waals surface area contributed by atoms with E-state index in [0.717, 1.165) is 18.9 Å². The molecule has 92 valence electrons. The lowest BCUT2D eigenvalue weighted by Crippen LogP contribution is -2.54. The first kappa shape index (κ1) is 11.0. The van der Waals surface area contributed by atoms with E-state index >= 15 is 0 Å². The van der Waals surface area contributed by atoms with Crippen molar-refractivity contribution in [2.45, 2.75) is 65.3 Å². The summed E-state index contributed by atoms with van der Waals surface area (Å²) in [6, 6.07) is 0. The third kappa shape index (κ3) is 1.06. The van der Waals surface area contributed by atoms with E-state index in [1.54, 1.807) is 0 Å². The zero-order valence-corrected chi connectivity index (χ0v) is 11.0. The molecule has 0 radical (unpaired) electrons. The van der Waals surface area contributed by atoms with Gasteiger partial charge >= 0.3 is 0 Å². The second-order valence-corrected chi connectivity index (χ2v) is 6.79. The normalized spacial score (nSPS) is 54.8. The van der Waals surface area contributed by atoms with Crippen molar-refractivity contribution in [2.75, 3.05) is 6.61 Å². The molecule has 0 aromatic carbocycles. The molecule has 2 aliphatic carbocycles. The van der Waals surface area contributed by atoms with E-state index in [9.17, 15) is 0 Å². The monoisotopic (exact) mass is 224 g/mol. The van der Waals surface area contributed by atoms with E-state index in [2.05, 4.69) is 20.8 Å². The first-order valence-corrected chi connectivity index (χ1v) is 6.71. The number of hydrogen-bond donors (Lipinski definition) is 0. The van der Waals surface area contributed by atoms with Crippen molar-refractivity contribution in [3.05, 3.63) is 0 Å². The number of rotatable bonds is 0. The van der Waals surface area contributed by atoms with Crippen LogP contribution in [-0.4, -0.2) is 18.5 Å². The van der Waals surface area contributed by atoms with Crippen LogP contribution in [-0.2, 0) is 9.47 Å². The van der Waals surface area contributed by atoms with Crippen molar-refractivity contribution < 1.29 is 9.47 Å². The van der Waals surface area contributed by atoms with Crippen molar-refractivity contribution in [1.82, 2.24) is 0 Å². The zero-order chi connectivity index (χ0) is 11.6. The minimum atomic E-state index is -0.0132. The Morgan fingerprint density at radius 1 is 1.12 bits per heavy atom. The third-order valence-corrected chi connectivity index (χ3v) is 6.27. The number of ether oxygens (including phenoxy) is 2. The van der Waals surface area contributed by atoms with Crippen LogP contribution >= 0.6 is 0 Å². The molecule has 3 aliphatic rings. The van der Waals surface area contributed by atoms with E-state index in [-0.39, 0.29) is 11.9 Å². The zero-order valence-electron chi connectivity index (χ0n) is 11.0. The second-order valence-electron chi connectivity index (χ2n) is 6.79. The predicted molar refractivity (Wildman–Crippen MR) is 63.1 cm³/mol. The lowest BCUT2D eigenvalue weighted by molar-refractivity contribution is -0.284. The lowest BCUT2D eigenvalue weighted by Gasteiger charge is -2.51. The molecule has 4 atom stereocenters. The molecule has 0 N–H and O–H groups in total. The average Bonchev–Trinajstić information content (AvgIpc) is 2.50. The van der Waals surface area contributed by atoms with Gasteiger partial charge in [0.15, 0.2) is 6.29 Å². The maximum atomic E-state index is 6.29. The van der Waals surface area contributed by atoms with Gasteiger partial charge in [-0.05, 0) is 37.5 Å². The summed E-state index contributed by atoms with van der Waals surface area (Å²) in [5.41, 5.74) is 0.893. The minimum Gasteiger partial charge on any atom is -0.353 e. The highest BCUT2D eigenvalue weighted by molar-refractivity contribution is 5.18. The van der Waals surface area contributed by atoms with E-state index in [1.165, 1.54) is 19.3 Å². The number of fused-ring (bicyclic) bond motifs is 3. The first-order valence-electron chi connectivity index (χ1n) is 6.71. The molecule has 0 aromatic heterocycles. The molecule has 1 heterocycles. The van der Waals surface area contributed by atoms with E-state index in [0.29, 0.717) is 10.8 Å². The Morgan fingerprint density at radius 2 is 1.88 bits per heavy atom. The molecule has 0 aromatic rings. The molecule has 3 rings (SSSR count). The quantitative estimate of drug-likeness (QED) is 0.628. The smallest absolute Gasteiger partial charge is 0.155 e. The summed E-state index contributed by atoms with van der Waals surface area (Å²) in [4.78, 5) is 0. The van der Waals surface area contributed by atoms with Gasteiger partial charge in [0, 0.05) is 11.8 Å². The fourth-order valence-electron chi connectivity index (χ4n) is 4.75. The first-order chi connectivity index (χ1) is 7.41. The molecule has 2 saturated carbocycles. The maximum absolute atomic E-state index is 6.29. The lowest BCUT2D eigenvalue weighted by atomic mass is 9.63. The minimum absolute atomic E-state index is 0.0132. The maximum Gasteiger partial charge on any atom is 0.155 e. The molecule has 2 heteroatoms. The summed E-state index contributed by atoms with van der Waals surface area (Å²) in [5, 5.41) is 0. The molecule has 0 unspecified atom stereocenters. The summed E-state index contributed by atoms with van der Waals surface area (Å²) in [6.07, 6.45) is 5.06. The van der Waals surface area contributed by atoms with Crippen molar-refractivity contribution in [2.24, 2.45) is 16.7 Å². The highest BCUT2D eigenvalue weighted by atomic mass is 16.7. The Morgan fingerprint density at radius 3 is 2.38 bits per heavy atom. The van der Waals surface area contributed by atoms with Gasteiger partial charge in [0.05, 0.1) is 12.2 Å². The van der Waals surface area contributed by atoms with E-state index < -0.39 is 0 Å². The fraction of sp³-hybridized carbons (Fsp3) is 1.00. The summed E-state index contributed by atoms with van der Waals surface area (Å²) in [7, 11) is 0. The summed E-state index contributed by atoms with van der Waals surface area (Å²) in [5.74, 6) is 0.850. The van der Waals surface area contributed by atoms with Crippen molar-refractivity contribution in [1.29, 1.82) is 0 Å². The molecular formula is C14H24O2. The van der Waals surface area contributed by atoms with Crippen LogP contribution in [0.1, 0.15) is 53.4 Å². The van der Waals surface area contributed by atoms with Crippen LogP contribution in [0.2, 0.25) is 0 Å². The molecule has 0 amide bonds. The highest BCUT2D eigenvalue weighted by Gasteiger charge is 2.70. The summed E-state index contributed by atoms with van der Waals surface area (Å²) in [6.45, 7) is 10.3. The fourth-order valence-corrected chi connectivity index (χ4v) is 4.75. The van der Waals surface area contributed by atoms with Gasteiger partial charge in [-0.1, -0.05) is 20.8 Å². The molecule has 1 saturated heterocycles. The predicted octanol–water partition coefficient (Wildman–Crippen LogP) is 3.35. The Kier molecular flexibility index (Phi) is 2.09. The Balaban J connectivity index is 1.99. The van der Waals surface area contributed by atoms with Crippen molar-refractivity contribution in [3.63, 3.8) is 0 Å². The van der Waals surface area contributed by atoms with Gasteiger partial charge in [-0.3, -0.25) is 0 Å². The van der Waals surface area contributed by atoms with Gasteiger partial charge in [-0.15, -0.1) is 0 Å². The van der Waals surface area contributed by atoms with Crippen LogP contribution < -0.4 is 0 Å². The van der Waals surface area contributed by atoms with E-state index in [1.807, 2.05) is 6.92 Å². The van der Waals surface area contributed by atoms with Crippen molar-refractivity contribution >= 4 is 0 Å². The van der Waals surface area contributed by atoms with Gasteiger partial charge in [-0.2, -0.15) is 0 Å². The Labute approximate surface area is 98.7 Å². The van der Waals surface area contributed by atoms with Crippen LogP contribution in [0, 0.1) is 16.7 Å². The second kappa shape index (κ2) is 3.02. The highest BCUT2D eigenvalue weighted by Crippen LogP contribution is 2.72. The molecular weight excluding hydrogens is 200 g/mol. The number of hydrogen-bond acceptors (Lipinski definition) is 2. The molecule has 2 bridgehead atoms. The largest absolute Gasteiger partial charge is 0.353 e. The van der Waals surface area contributed by atoms with Gasteiger partial charge < -0.3 is 9.47 Å². The van der Waals surface area contributed by atoms with E-state index in [4.69, 9.17) is 9.47 Å². The van der Waals surface area contributed by atoms with Crippen LogP contribution in [0.15, 0.2) is 0 Å². The van der Waals surface area contributed by atoms with Crippen molar-refractivity contribution in [3.8, 4) is 0 Å². The Hall–Kier alpha value is -0.0800. The SMILES string of the molecule is C[C@@H]1OCC[C@]2(C[C@H]3CC[C@]2(C)C3(C)C)O1.